The number of amides is 1. The molecular weight excluding hydrogens is 481 g/mol. The molecule has 6 nitrogen and oxygen atoms in total. The molecule has 31 heavy (non-hydrogen) atoms. The van der Waals surface area contributed by atoms with Gasteiger partial charge in [-0.15, -0.1) is 0 Å². The first-order chi connectivity index (χ1) is 14.6. The van der Waals surface area contributed by atoms with Crippen LogP contribution in [0.1, 0.15) is 11.1 Å². The Hall–Kier alpha value is -1.67. The van der Waals surface area contributed by atoms with Crippen molar-refractivity contribution in [3.63, 3.8) is 0 Å². The largest absolute Gasteiger partial charge is 0.368 e. The number of halogens is 3. The summed E-state index contributed by atoms with van der Waals surface area (Å²) in [6.45, 7) is 4.34. The van der Waals surface area contributed by atoms with Crippen LogP contribution in [0.3, 0.4) is 0 Å². The molecule has 0 atom stereocenters. The number of anilines is 2. The van der Waals surface area contributed by atoms with Crippen LogP contribution in [0.25, 0.3) is 0 Å². The minimum atomic E-state index is -3.63. The highest BCUT2D eigenvalue weighted by Gasteiger charge is 2.37. The Morgan fingerprint density at radius 2 is 1.52 bits per heavy atom. The van der Waals surface area contributed by atoms with Gasteiger partial charge in [-0.1, -0.05) is 58.6 Å². The lowest BCUT2D eigenvalue weighted by Crippen LogP contribution is -2.52. The van der Waals surface area contributed by atoms with Crippen molar-refractivity contribution in [3.8, 4) is 0 Å². The predicted molar refractivity (Wildman–Crippen MR) is 125 cm³/mol. The number of hydrogen-bond acceptors (Lipinski definition) is 4. The van der Waals surface area contributed by atoms with Crippen LogP contribution in [-0.4, -0.2) is 55.7 Å². The summed E-state index contributed by atoms with van der Waals surface area (Å²) in [6.07, 6.45) is 0.629. The van der Waals surface area contributed by atoms with E-state index in [1.54, 1.807) is 29.2 Å². The smallest absolute Gasteiger partial charge is 0.274 e. The summed E-state index contributed by atoms with van der Waals surface area (Å²) >= 11 is 17.2. The van der Waals surface area contributed by atoms with Crippen LogP contribution in [0.2, 0.25) is 0 Å². The molecule has 1 fully saturated rings. The van der Waals surface area contributed by atoms with Crippen molar-refractivity contribution in [3.05, 3.63) is 53.6 Å². The van der Waals surface area contributed by atoms with Gasteiger partial charge in [0.15, 0.2) is 0 Å². The molecule has 0 aliphatic carbocycles. The number of piperazine rings is 1. The van der Waals surface area contributed by atoms with E-state index in [0.29, 0.717) is 44.8 Å². The van der Waals surface area contributed by atoms with Crippen LogP contribution in [-0.2, 0) is 21.2 Å². The van der Waals surface area contributed by atoms with E-state index in [0.717, 1.165) is 16.8 Å². The zero-order chi connectivity index (χ0) is 22.4. The minimum Gasteiger partial charge on any atom is -0.368 e. The molecule has 0 radical (unpaired) electrons. The number of alkyl halides is 3. The van der Waals surface area contributed by atoms with E-state index in [-0.39, 0.29) is 4.90 Å². The van der Waals surface area contributed by atoms with Gasteiger partial charge in [0.1, 0.15) is 0 Å². The summed E-state index contributed by atoms with van der Waals surface area (Å²) in [5.41, 5.74) is 3.70. The fourth-order valence-corrected chi connectivity index (χ4v) is 5.95. The first-order valence-electron chi connectivity index (χ1n) is 9.91. The molecular formula is C21H22Cl3N3O3S. The van der Waals surface area contributed by atoms with Gasteiger partial charge in [0.05, 0.1) is 10.6 Å². The molecule has 10 heteroatoms. The summed E-state index contributed by atoms with van der Waals surface area (Å²) in [5, 5.41) is 0. The lowest BCUT2D eigenvalue weighted by Gasteiger charge is -2.38. The minimum absolute atomic E-state index is 0.287. The van der Waals surface area contributed by atoms with Crippen LogP contribution in [0.4, 0.5) is 11.4 Å². The highest BCUT2D eigenvalue weighted by molar-refractivity contribution is 7.92. The van der Waals surface area contributed by atoms with Gasteiger partial charge in [0.2, 0.25) is 0 Å². The van der Waals surface area contributed by atoms with E-state index in [1.165, 1.54) is 4.31 Å². The van der Waals surface area contributed by atoms with Gasteiger partial charge in [-0.05, 0) is 37.6 Å². The van der Waals surface area contributed by atoms with E-state index in [1.807, 2.05) is 25.1 Å². The lowest BCUT2D eigenvalue weighted by atomic mass is 10.1. The van der Waals surface area contributed by atoms with Gasteiger partial charge in [-0.2, -0.15) is 0 Å². The van der Waals surface area contributed by atoms with Crippen LogP contribution in [0, 0.1) is 6.92 Å². The van der Waals surface area contributed by atoms with E-state index >= 15 is 0 Å². The van der Waals surface area contributed by atoms with E-state index < -0.39 is 19.7 Å². The topological polar surface area (TPSA) is 60.9 Å². The van der Waals surface area contributed by atoms with E-state index in [9.17, 15) is 13.2 Å². The zero-order valence-electron chi connectivity index (χ0n) is 16.9. The molecule has 0 N–H and O–H groups in total. The second kappa shape index (κ2) is 8.35. The third-order valence-corrected chi connectivity index (χ3v) is 8.03. The fourth-order valence-electron chi connectivity index (χ4n) is 4.10. The van der Waals surface area contributed by atoms with Crippen molar-refractivity contribution < 1.29 is 13.2 Å². The molecule has 0 spiro atoms. The number of rotatable bonds is 3. The predicted octanol–water partition coefficient (Wildman–Crippen LogP) is 3.77. The molecule has 1 saturated heterocycles. The van der Waals surface area contributed by atoms with Gasteiger partial charge < -0.3 is 9.80 Å². The average molecular weight is 503 g/mol. The van der Waals surface area contributed by atoms with Crippen molar-refractivity contribution in [1.29, 1.82) is 0 Å². The summed E-state index contributed by atoms with van der Waals surface area (Å²) in [7, 11) is -3.63. The average Bonchev–Trinajstić information content (AvgIpc) is 3.18. The van der Waals surface area contributed by atoms with Crippen molar-refractivity contribution in [2.45, 2.75) is 22.0 Å². The zero-order valence-corrected chi connectivity index (χ0v) is 20.0. The summed E-state index contributed by atoms with van der Waals surface area (Å²) < 4.78 is 26.0. The van der Waals surface area contributed by atoms with Gasteiger partial charge >= 0.3 is 0 Å². The number of fused-ring (bicyclic) bond motifs is 1. The molecule has 166 valence electrons. The molecule has 4 rings (SSSR count). The first-order valence-corrected chi connectivity index (χ1v) is 12.5. The van der Waals surface area contributed by atoms with Crippen molar-refractivity contribution in [1.82, 2.24) is 4.90 Å². The Balaban J connectivity index is 1.56. The molecule has 1 amide bonds. The molecule has 0 unspecified atom stereocenters. The number of hydrogen-bond donors (Lipinski definition) is 0. The molecule has 2 aromatic carbocycles. The Kier molecular flexibility index (Phi) is 6.07. The number of aryl methyl sites for hydroxylation is 1. The number of carbonyl (C=O) groups excluding carboxylic acids is 1. The molecule has 2 aliphatic heterocycles. The summed E-state index contributed by atoms with van der Waals surface area (Å²) in [4.78, 5) is 16.2. The lowest BCUT2D eigenvalue weighted by molar-refractivity contribution is -0.130. The Morgan fingerprint density at radius 3 is 2.13 bits per heavy atom. The number of benzene rings is 2. The van der Waals surface area contributed by atoms with Crippen LogP contribution in [0.5, 0.6) is 0 Å². The first kappa shape index (κ1) is 22.5. The maximum absolute atomic E-state index is 13.2. The molecule has 0 saturated carbocycles. The standard InChI is InChI=1S/C21H22Cl3N3O3S/c1-15-5-7-16(8-6-15)31(29,30)27-10-9-17-18(3-2-4-19(17)27)25-11-13-26(14-12-25)20(28)21(22,23)24/h2-8H,9-14H2,1H3. The second-order valence-electron chi connectivity index (χ2n) is 7.69. The maximum atomic E-state index is 13.2. The van der Waals surface area contributed by atoms with Gasteiger partial charge in [0.25, 0.3) is 19.7 Å². The number of nitrogens with zero attached hydrogens (tertiary/aromatic N) is 3. The number of sulfonamides is 1. The molecule has 0 aromatic heterocycles. The van der Waals surface area contributed by atoms with Crippen LogP contribution < -0.4 is 9.21 Å². The highest BCUT2D eigenvalue weighted by Crippen LogP contribution is 2.39. The Bertz CT molecular complexity index is 1090. The van der Waals surface area contributed by atoms with Crippen molar-refractivity contribution in [2.24, 2.45) is 0 Å². The number of carbonyl (C=O) groups is 1. The molecule has 2 aliphatic rings. The highest BCUT2D eigenvalue weighted by atomic mass is 35.6. The van der Waals surface area contributed by atoms with Gasteiger partial charge in [-0.3, -0.25) is 9.10 Å². The van der Waals surface area contributed by atoms with Crippen molar-refractivity contribution >= 4 is 62.1 Å². The quantitative estimate of drug-likeness (QED) is 0.600. The van der Waals surface area contributed by atoms with Gasteiger partial charge in [0, 0.05) is 44.0 Å². The van der Waals surface area contributed by atoms with Crippen LogP contribution in [0.15, 0.2) is 47.4 Å². The van der Waals surface area contributed by atoms with Gasteiger partial charge in [-0.25, -0.2) is 8.42 Å². The van der Waals surface area contributed by atoms with E-state index in [4.69, 9.17) is 34.8 Å². The van der Waals surface area contributed by atoms with Crippen LogP contribution >= 0.6 is 34.8 Å². The Labute approximate surface area is 197 Å². The normalized spacial score (nSPS) is 17.1. The molecule has 0 bridgehead atoms. The third kappa shape index (κ3) is 4.33. The maximum Gasteiger partial charge on any atom is 0.274 e. The third-order valence-electron chi connectivity index (χ3n) is 5.72. The monoisotopic (exact) mass is 501 g/mol. The molecule has 2 aromatic rings. The molecule has 2 heterocycles. The fraction of sp³-hybridized carbons (Fsp3) is 0.381. The summed E-state index contributed by atoms with van der Waals surface area (Å²) in [5.74, 6) is -0.522. The van der Waals surface area contributed by atoms with Crippen molar-refractivity contribution in [2.75, 3.05) is 41.9 Å². The second-order valence-corrected chi connectivity index (χ2v) is 11.8. The summed E-state index contributed by atoms with van der Waals surface area (Å²) in [6, 6.07) is 12.6. The Morgan fingerprint density at radius 1 is 0.903 bits per heavy atom. The SMILES string of the molecule is Cc1ccc(S(=O)(=O)N2CCc3c(N4CCN(C(=O)C(Cl)(Cl)Cl)CC4)cccc32)cc1. The van der Waals surface area contributed by atoms with E-state index in [2.05, 4.69) is 4.90 Å².